The van der Waals surface area contributed by atoms with Crippen molar-refractivity contribution in [3.63, 3.8) is 0 Å². The van der Waals surface area contributed by atoms with E-state index in [4.69, 9.17) is 5.73 Å². The molecule has 0 rings (SSSR count). The maximum Gasteiger partial charge on any atom is 0.0415 e. The molecule has 0 amide bonds. The second kappa shape index (κ2) is 4.94. The van der Waals surface area contributed by atoms with Crippen molar-refractivity contribution in [3.05, 3.63) is 24.1 Å². The van der Waals surface area contributed by atoms with Gasteiger partial charge in [0.2, 0.25) is 0 Å². The van der Waals surface area contributed by atoms with E-state index in [1.54, 1.807) is 17.8 Å². The minimum absolute atomic E-state index is 0.0162. The van der Waals surface area contributed by atoms with Crippen molar-refractivity contribution in [2.45, 2.75) is 6.04 Å². The summed E-state index contributed by atoms with van der Waals surface area (Å²) in [6.07, 6.45) is 5.59. The summed E-state index contributed by atoms with van der Waals surface area (Å²) in [5, 5.41) is 1.95. The number of hydrogen-bond acceptors (Lipinski definition) is 2. The highest BCUT2D eigenvalue weighted by Crippen LogP contribution is 1.94. The molecular weight excluding hydrogens is 118 g/mol. The fraction of sp³-hybridized carbons (Fsp3) is 0.333. The Hall–Kier alpha value is -0.210. The first-order valence-electron chi connectivity index (χ1n) is 2.39. The third-order valence-corrected chi connectivity index (χ3v) is 1.14. The Labute approximate surface area is 54.6 Å². The van der Waals surface area contributed by atoms with E-state index >= 15 is 0 Å². The average Bonchev–Trinajstić information content (AvgIpc) is 1.83. The van der Waals surface area contributed by atoms with Crippen LogP contribution in [0, 0.1) is 0 Å². The van der Waals surface area contributed by atoms with Crippen LogP contribution < -0.4 is 5.73 Å². The third kappa shape index (κ3) is 3.96. The summed E-state index contributed by atoms with van der Waals surface area (Å²) >= 11 is 1.64. The lowest BCUT2D eigenvalue weighted by molar-refractivity contribution is 1.04. The minimum Gasteiger partial charge on any atom is -0.321 e. The predicted molar refractivity (Wildman–Crippen MR) is 40.8 cm³/mol. The van der Waals surface area contributed by atoms with Gasteiger partial charge in [-0.05, 0) is 11.7 Å². The Morgan fingerprint density at radius 1 is 1.75 bits per heavy atom. The summed E-state index contributed by atoms with van der Waals surface area (Å²) in [7, 11) is 0. The molecule has 0 saturated carbocycles. The molecule has 0 aromatic rings. The van der Waals surface area contributed by atoms with Crippen molar-refractivity contribution < 1.29 is 0 Å². The van der Waals surface area contributed by atoms with Gasteiger partial charge in [0.25, 0.3) is 0 Å². The monoisotopic (exact) mass is 129 g/mol. The maximum absolute atomic E-state index is 5.44. The van der Waals surface area contributed by atoms with Crippen LogP contribution in [-0.2, 0) is 0 Å². The minimum atomic E-state index is 0.0162. The van der Waals surface area contributed by atoms with Crippen molar-refractivity contribution in [3.8, 4) is 0 Å². The molecule has 0 saturated heterocycles. The van der Waals surface area contributed by atoms with E-state index in [0.29, 0.717) is 0 Å². The largest absolute Gasteiger partial charge is 0.321 e. The Balaban J connectivity index is 3.35. The zero-order valence-electron chi connectivity index (χ0n) is 5.00. The molecule has 0 radical (unpaired) electrons. The molecule has 0 aliphatic carbocycles. The Bertz CT molecular complexity index is 88.5. The average molecular weight is 129 g/mol. The molecular formula is C6H11NS. The zero-order valence-corrected chi connectivity index (χ0v) is 5.82. The van der Waals surface area contributed by atoms with E-state index in [9.17, 15) is 0 Å². The van der Waals surface area contributed by atoms with Crippen molar-refractivity contribution in [1.82, 2.24) is 0 Å². The number of rotatable bonds is 3. The summed E-state index contributed by atoms with van der Waals surface area (Å²) in [4.78, 5) is 0. The molecule has 2 N–H and O–H groups in total. The lowest BCUT2D eigenvalue weighted by atomic mass is 10.3. The zero-order chi connectivity index (χ0) is 6.41. The summed E-state index contributed by atoms with van der Waals surface area (Å²) < 4.78 is 0. The normalized spacial score (nSPS) is 14.2. The topological polar surface area (TPSA) is 26.0 Å². The van der Waals surface area contributed by atoms with Gasteiger partial charge in [0.1, 0.15) is 0 Å². The van der Waals surface area contributed by atoms with Gasteiger partial charge in [-0.25, -0.2) is 0 Å². The SMILES string of the molecule is C=CC(N)C=CSC. The molecule has 0 spiro atoms. The van der Waals surface area contributed by atoms with E-state index < -0.39 is 0 Å². The van der Waals surface area contributed by atoms with Gasteiger partial charge < -0.3 is 5.73 Å². The van der Waals surface area contributed by atoms with Gasteiger partial charge in [0, 0.05) is 6.04 Å². The summed E-state index contributed by atoms with van der Waals surface area (Å²) in [5.74, 6) is 0. The lowest BCUT2D eigenvalue weighted by Crippen LogP contribution is -2.11. The second-order valence-electron chi connectivity index (χ2n) is 1.38. The van der Waals surface area contributed by atoms with E-state index in [1.165, 1.54) is 0 Å². The molecule has 46 valence electrons. The second-order valence-corrected chi connectivity index (χ2v) is 2.12. The van der Waals surface area contributed by atoms with Gasteiger partial charge in [0.05, 0.1) is 0 Å². The van der Waals surface area contributed by atoms with Crippen LogP contribution >= 0.6 is 11.8 Å². The van der Waals surface area contributed by atoms with Crippen LogP contribution in [0.3, 0.4) is 0 Å². The standard InChI is InChI=1S/C6H11NS/c1-3-6(7)4-5-8-2/h3-6H,1,7H2,2H3. The third-order valence-electron chi connectivity index (χ3n) is 0.709. The van der Waals surface area contributed by atoms with E-state index in [1.807, 2.05) is 17.7 Å². The molecule has 1 atom stereocenters. The van der Waals surface area contributed by atoms with Gasteiger partial charge in [0.15, 0.2) is 0 Å². The molecule has 8 heavy (non-hydrogen) atoms. The van der Waals surface area contributed by atoms with E-state index in [2.05, 4.69) is 6.58 Å². The fourth-order valence-electron chi connectivity index (χ4n) is 0.248. The molecule has 0 heterocycles. The van der Waals surface area contributed by atoms with Crippen LogP contribution in [0.5, 0.6) is 0 Å². The highest BCUT2D eigenvalue weighted by molar-refractivity contribution is 8.01. The first-order chi connectivity index (χ1) is 3.81. The van der Waals surface area contributed by atoms with Gasteiger partial charge in [-0.15, -0.1) is 18.3 Å². The number of thioether (sulfide) groups is 1. The van der Waals surface area contributed by atoms with Crippen molar-refractivity contribution >= 4 is 11.8 Å². The van der Waals surface area contributed by atoms with E-state index in [0.717, 1.165) is 0 Å². The highest BCUT2D eigenvalue weighted by atomic mass is 32.2. The Kier molecular flexibility index (Phi) is 4.81. The van der Waals surface area contributed by atoms with Crippen LogP contribution in [0.25, 0.3) is 0 Å². The summed E-state index contributed by atoms with van der Waals surface area (Å²) in [6.45, 7) is 3.53. The summed E-state index contributed by atoms with van der Waals surface area (Å²) in [6, 6.07) is 0.0162. The van der Waals surface area contributed by atoms with Crippen molar-refractivity contribution in [2.75, 3.05) is 6.26 Å². The lowest BCUT2D eigenvalue weighted by Gasteiger charge is -1.92. The van der Waals surface area contributed by atoms with Crippen LogP contribution in [0.15, 0.2) is 24.1 Å². The van der Waals surface area contributed by atoms with Gasteiger partial charge in [-0.3, -0.25) is 0 Å². The van der Waals surface area contributed by atoms with E-state index in [-0.39, 0.29) is 6.04 Å². The first kappa shape index (κ1) is 7.79. The molecule has 0 aromatic heterocycles. The maximum atomic E-state index is 5.44. The van der Waals surface area contributed by atoms with Crippen LogP contribution in [0.1, 0.15) is 0 Å². The van der Waals surface area contributed by atoms with Crippen LogP contribution in [-0.4, -0.2) is 12.3 Å². The fourth-order valence-corrected chi connectivity index (χ4v) is 0.586. The smallest absolute Gasteiger partial charge is 0.0415 e. The molecule has 0 aliphatic rings. The molecule has 0 aliphatic heterocycles. The number of nitrogens with two attached hydrogens (primary N) is 1. The highest BCUT2D eigenvalue weighted by Gasteiger charge is 1.82. The Morgan fingerprint density at radius 2 is 2.38 bits per heavy atom. The van der Waals surface area contributed by atoms with Gasteiger partial charge >= 0.3 is 0 Å². The van der Waals surface area contributed by atoms with Crippen molar-refractivity contribution in [2.24, 2.45) is 5.73 Å². The van der Waals surface area contributed by atoms with Crippen LogP contribution in [0.4, 0.5) is 0 Å². The first-order valence-corrected chi connectivity index (χ1v) is 3.67. The summed E-state index contributed by atoms with van der Waals surface area (Å²) in [5.41, 5.74) is 5.44. The van der Waals surface area contributed by atoms with Gasteiger partial charge in [-0.2, -0.15) is 0 Å². The predicted octanol–water partition coefficient (Wildman–Crippen LogP) is 1.38. The molecule has 2 heteroatoms. The van der Waals surface area contributed by atoms with Crippen LogP contribution in [0.2, 0.25) is 0 Å². The molecule has 1 nitrogen and oxygen atoms in total. The quantitative estimate of drug-likeness (QED) is 0.582. The molecule has 0 fully saturated rings. The van der Waals surface area contributed by atoms with Gasteiger partial charge in [-0.1, -0.05) is 12.2 Å². The molecule has 1 unspecified atom stereocenters. The van der Waals surface area contributed by atoms with Crippen molar-refractivity contribution in [1.29, 1.82) is 0 Å². The molecule has 0 aromatic carbocycles. The Morgan fingerprint density at radius 3 is 2.75 bits per heavy atom. The number of hydrogen-bond donors (Lipinski definition) is 1. The molecule has 0 bridgehead atoms.